The molecule has 1 aromatic carbocycles. The summed E-state index contributed by atoms with van der Waals surface area (Å²) < 4.78 is 0. The number of nitrogens with zero attached hydrogens (tertiary/aromatic N) is 4. The van der Waals surface area contributed by atoms with Crippen LogP contribution in [-0.4, -0.2) is 49.7 Å². The molecule has 2 atom stereocenters. The number of piperidine rings is 1. The molecule has 2 aliphatic heterocycles. The molecule has 0 saturated carbocycles. The van der Waals surface area contributed by atoms with Crippen LogP contribution in [0.4, 0.5) is 5.69 Å². The number of nitriles is 1. The smallest absolute Gasteiger partial charge is 0.159 e. The van der Waals surface area contributed by atoms with E-state index < -0.39 is 0 Å². The molecular formula is C21H25N7. The summed E-state index contributed by atoms with van der Waals surface area (Å²) in [5, 5.41) is 20.0. The molecule has 7 heteroatoms. The third-order valence-electron chi connectivity index (χ3n) is 6.19. The van der Waals surface area contributed by atoms with Crippen molar-refractivity contribution in [3.05, 3.63) is 30.0 Å². The lowest BCUT2D eigenvalue weighted by Crippen LogP contribution is -2.47. The van der Waals surface area contributed by atoms with Crippen LogP contribution in [0, 0.1) is 18.3 Å². The Morgan fingerprint density at radius 1 is 1.29 bits per heavy atom. The van der Waals surface area contributed by atoms with Crippen LogP contribution in [0.15, 0.2) is 24.3 Å². The van der Waals surface area contributed by atoms with Crippen LogP contribution in [0.5, 0.6) is 0 Å². The van der Waals surface area contributed by atoms with E-state index in [1.165, 1.54) is 12.8 Å². The predicted molar refractivity (Wildman–Crippen MR) is 109 cm³/mol. The number of hydrogen-bond acceptors (Lipinski definition) is 5. The Morgan fingerprint density at radius 3 is 2.82 bits per heavy atom. The molecule has 28 heavy (non-hydrogen) atoms. The van der Waals surface area contributed by atoms with Crippen molar-refractivity contribution >= 4 is 16.7 Å². The second-order valence-corrected chi connectivity index (χ2v) is 8.07. The first-order chi connectivity index (χ1) is 13.7. The monoisotopic (exact) mass is 375 g/mol. The van der Waals surface area contributed by atoms with Gasteiger partial charge >= 0.3 is 0 Å². The van der Waals surface area contributed by atoms with E-state index in [1.54, 1.807) is 0 Å². The first kappa shape index (κ1) is 17.3. The van der Waals surface area contributed by atoms with Gasteiger partial charge in [0.25, 0.3) is 0 Å². The molecule has 2 unspecified atom stereocenters. The standard InChI is InChI=1S/C21H25N7/c1-13-10-19(27-26-13)21-24-18-5-2-4-17(20(18)25-21)23-14-11-15-6-7-16(12-14)28(15)9-3-8-22/h2,4-5,10,14-16,23H,3,6-7,9,11-12H2,1H3,(H,24,25)(H,26,27). The van der Waals surface area contributed by atoms with E-state index in [0.29, 0.717) is 24.5 Å². The minimum Gasteiger partial charge on any atom is -0.380 e. The van der Waals surface area contributed by atoms with Crippen LogP contribution in [0.1, 0.15) is 37.8 Å². The van der Waals surface area contributed by atoms with Gasteiger partial charge in [0, 0.05) is 36.8 Å². The van der Waals surface area contributed by atoms with Gasteiger partial charge in [-0.2, -0.15) is 10.4 Å². The number of aromatic amines is 2. The summed E-state index contributed by atoms with van der Waals surface area (Å²) in [7, 11) is 0. The van der Waals surface area contributed by atoms with Crippen molar-refractivity contribution in [1.29, 1.82) is 5.26 Å². The number of benzene rings is 1. The maximum Gasteiger partial charge on any atom is 0.159 e. The second kappa shape index (κ2) is 6.95. The average Bonchev–Trinajstić information content (AvgIpc) is 3.37. The van der Waals surface area contributed by atoms with Crippen molar-refractivity contribution in [1.82, 2.24) is 25.1 Å². The molecule has 3 aromatic rings. The molecule has 2 saturated heterocycles. The number of aromatic nitrogens is 4. The molecule has 0 spiro atoms. The quantitative estimate of drug-likeness (QED) is 0.633. The van der Waals surface area contributed by atoms with Gasteiger partial charge in [-0.15, -0.1) is 0 Å². The number of imidazole rings is 1. The zero-order chi connectivity index (χ0) is 19.1. The molecule has 0 amide bonds. The van der Waals surface area contributed by atoms with Gasteiger partial charge in [-0.3, -0.25) is 10.00 Å². The van der Waals surface area contributed by atoms with Gasteiger partial charge in [0.15, 0.2) is 5.82 Å². The summed E-state index contributed by atoms with van der Waals surface area (Å²) in [6, 6.07) is 12.2. The molecule has 2 fully saturated rings. The fourth-order valence-corrected chi connectivity index (χ4v) is 4.97. The number of fused-ring (bicyclic) bond motifs is 3. The van der Waals surface area contributed by atoms with Crippen molar-refractivity contribution < 1.29 is 0 Å². The molecule has 4 heterocycles. The minimum atomic E-state index is 0.453. The summed E-state index contributed by atoms with van der Waals surface area (Å²) in [6.45, 7) is 2.91. The molecule has 2 aromatic heterocycles. The topological polar surface area (TPSA) is 96.4 Å². The highest BCUT2D eigenvalue weighted by Gasteiger charge is 2.40. The Kier molecular flexibility index (Phi) is 4.29. The zero-order valence-electron chi connectivity index (χ0n) is 16.1. The summed E-state index contributed by atoms with van der Waals surface area (Å²) in [4.78, 5) is 10.8. The number of rotatable bonds is 5. The van der Waals surface area contributed by atoms with Crippen molar-refractivity contribution in [2.24, 2.45) is 0 Å². The molecule has 0 aliphatic carbocycles. The average molecular weight is 375 g/mol. The molecule has 2 aliphatic rings. The van der Waals surface area contributed by atoms with Gasteiger partial charge in [-0.25, -0.2) is 4.98 Å². The number of H-pyrrole nitrogens is 2. The number of para-hydroxylation sites is 1. The molecule has 144 valence electrons. The molecule has 0 radical (unpaired) electrons. The van der Waals surface area contributed by atoms with E-state index >= 15 is 0 Å². The van der Waals surface area contributed by atoms with Crippen LogP contribution in [0.25, 0.3) is 22.6 Å². The third kappa shape index (κ3) is 3.04. The highest BCUT2D eigenvalue weighted by atomic mass is 15.2. The third-order valence-corrected chi connectivity index (χ3v) is 6.19. The number of nitrogens with one attached hydrogen (secondary N) is 3. The maximum atomic E-state index is 8.92. The summed E-state index contributed by atoms with van der Waals surface area (Å²) in [5.41, 5.74) is 4.94. The molecule has 7 nitrogen and oxygen atoms in total. The van der Waals surface area contributed by atoms with Crippen LogP contribution in [0.3, 0.4) is 0 Å². The van der Waals surface area contributed by atoms with Crippen molar-refractivity contribution in [3.8, 4) is 17.6 Å². The Bertz CT molecular complexity index is 1010. The molecule has 2 bridgehead atoms. The maximum absolute atomic E-state index is 8.92. The Hall–Kier alpha value is -2.85. The summed E-state index contributed by atoms with van der Waals surface area (Å²) in [6.07, 6.45) is 5.41. The number of hydrogen-bond donors (Lipinski definition) is 3. The van der Waals surface area contributed by atoms with E-state index in [0.717, 1.165) is 53.3 Å². The van der Waals surface area contributed by atoms with E-state index in [2.05, 4.69) is 49.7 Å². The SMILES string of the molecule is Cc1cc(-c2nc3c(NC4CC5CCC(C4)N5CCC#N)cccc3[nH]2)n[nH]1. The Morgan fingerprint density at radius 2 is 2.11 bits per heavy atom. The van der Waals surface area contributed by atoms with Gasteiger partial charge in [0.1, 0.15) is 11.2 Å². The van der Waals surface area contributed by atoms with Gasteiger partial charge in [0.05, 0.1) is 17.3 Å². The highest BCUT2D eigenvalue weighted by molar-refractivity contribution is 5.90. The first-order valence-electron chi connectivity index (χ1n) is 10.1. The van der Waals surface area contributed by atoms with E-state index in [-0.39, 0.29) is 0 Å². The largest absolute Gasteiger partial charge is 0.380 e. The molecular weight excluding hydrogens is 350 g/mol. The zero-order valence-corrected chi connectivity index (χ0v) is 16.1. The van der Waals surface area contributed by atoms with Crippen molar-refractivity contribution in [2.75, 3.05) is 11.9 Å². The van der Waals surface area contributed by atoms with Crippen LogP contribution >= 0.6 is 0 Å². The van der Waals surface area contributed by atoms with Gasteiger partial charge in [-0.1, -0.05) is 6.07 Å². The van der Waals surface area contributed by atoms with Crippen LogP contribution in [-0.2, 0) is 0 Å². The Labute approximate surface area is 164 Å². The van der Waals surface area contributed by atoms with Crippen LogP contribution in [0.2, 0.25) is 0 Å². The number of aryl methyl sites for hydroxylation is 1. The fourth-order valence-electron chi connectivity index (χ4n) is 4.97. The molecule has 3 N–H and O–H groups in total. The lowest BCUT2D eigenvalue weighted by molar-refractivity contribution is 0.136. The van der Waals surface area contributed by atoms with Gasteiger partial charge < -0.3 is 10.3 Å². The van der Waals surface area contributed by atoms with Crippen molar-refractivity contribution in [3.63, 3.8) is 0 Å². The van der Waals surface area contributed by atoms with Crippen LogP contribution < -0.4 is 5.32 Å². The predicted octanol–water partition coefficient (Wildman–Crippen LogP) is 3.58. The van der Waals surface area contributed by atoms with E-state index in [4.69, 9.17) is 10.2 Å². The van der Waals surface area contributed by atoms with Gasteiger partial charge in [0.2, 0.25) is 0 Å². The second-order valence-electron chi connectivity index (χ2n) is 8.07. The summed E-state index contributed by atoms with van der Waals surface area (Å²) in [5.74, 6) is 0.792. The lowest BCUT2D eigenvalue weighted by atomic mass is 9.96. The van der Waals surface area contributed by atoms with E-state index in [9.17, 15) is 0 Å². The Balaban J connectivity index is 1.36. The first-order valence-corrected chi connectivity index (χ1v) is 10.1. The normalized spacial score (nSPS) is 24.5. The fraction of sp³-hybridized carbons (Fsp3) is 0.476. The molecule has 5 rings (SSSR count). The highest BCUT2D eigenvalue weighted by Crippen LogP contribution is 2.37. The summed E-state index contributed by atoms with van der Waals surface area (Å²) >= 11 is 0. The minimum absolute atomic E-state index is 0.453. The number of anilines is 1. The van der Waals surface area contributed by atoms with E-state index in [1.807, 2.05) is 13.0 Å². The lowest BCUT2D eigenvalue weighted by Gasteiger charge is -2.39. The van der Waals surface area contributed by atoms with Crippen molar-refractivity contribution in [2.45, 2.75) is 57.2 Å². The van der Waals surface area contributed by atoms with Gasteiger partial charge in [-0.05, 0) is 50.8 Å².